The summed E-state index contributed by atoms with van der Waals surface area (Å²) in [4.78, 5) is 19.9. The Bertz CT molecular complexity index is 734. The second-order valence-electron chi connectivity index (χ2n) is 4.55. The molecule has 0 aliphatic rings. The van der Waals surface area contributed by atoms with Crippen LogP contribution >= 0.6 is 7.60 Å². The summed E-state index contributed by atoms with van der Waals surface area (Å²) in [5, 5.41) is 2.19. The van der Waals surface area contributed by atoms with Crippen LogP contribution in [0, 0.1) is 0 Å². The minimum absolute atomic E-state index is 0.254. The molecular weight excluding hydrogens is 261 g/mol. The summed E-state index contributed by atoms with van der Waals surface area (Å²) < 4.78 is 12.9. The normalized spacial score (nSPS) is 14.8. The van der Waals surface area contributed by atoms with Gasteiger partial charge < -0.3 is 18.9 Å². The molecule has 0 bridgehead atoms. The molecule has 4 nitrogen and oxygen atoms in total. The van der Waals surface area contributed by atoms with E-state index in [1.807, 2.05) is 53.1 Å². The van der Waals surface area contributed by atoms with Crippen molar-refractivity contribution in [2.75, 3.05) is 6.16 Å². The first-order chi connectivity index (χ1) is 9.06. The van der Waals surface area contributed by atoms with Gasteiger partial charge in [-0.25, -0.2) is 0 Å². The summed E-state index contributed by atoms with van der Waals surface area (Å²) in [6.07, 6.45) is -0.254. The lowest BCUT2D eigenvalue weighted by molar-refractivity contribution is -0.193. The largest absolute Gasteiger partial charge is 0.779 e. The van der Waals surface area contributed by atoms with Crippen LogP contribution in [0.4, 0.5) is 0 Å². The van der Waals surface area contributed by atoms with Crippen LogP contribution < -0.4 is 4.89 Å². The molecule has 0 aliphatic heterocycles. The van der Waals surface area contributed by atoms with Crippen molar-refractivity contribution < 1.29 is 14.4 Å². The molecule has 0 radical (unpaired) electrons. The van der Waals surface area contributed by atoms with E-state index in [2.05, 4.69) is 0 Å². The number of aromatic nitrogens is 1. The first-order valence-electron chi connectivity index (χ1n) is 6.05. The predicted molar refractivity (Wildman–Crippen MR) is 74.1 cm³/mol. The molecule has 0 fully saturated rings. The van der Waals surface area contributed by atoms with E-state index in [1.54, 1.807) is 0 Å². The summed E-state index contributed by atoms with van der Waals surface area (Å²) >= 11 is 0. The van der Waals surface area contributed by atoms with Crippen molar-refractivity contribution in [3.63, 3.8) is 0 Å². The van der Waals surface area contributed by atoms with Gasteiger partial charge in [0.05, 0.1) is 0 Å². The molecule has 2 aromatic carbocycles. The van der Waals surface area contributed by atoms with Gasteiger partial charge >= 0.3 is 0 Å². The zero-order valence-electron chi connectivity index (χ0n) is 10.2. The van der Waals surface area contributed by atoms with Crippen molar-refractivity contribution in [3.05, 3.63) is 48.5 Å². The molecule has 1 atom stereocenters. The Kier molecular flexibility index (Phi) is 2.94. The lowest BCUT2D eigenvalue weighted by atomic mass is 10.2. The Labute approximate surface area is 110 Å². The van der Waals surface area contributed by atoms with Gasteiger partial charge in [0.15, 0.2) is 0 Å². The van der Waals surface area contributed by atoms with Crippen molar-refractivity contribution in [1.29, 1.82) is 0 Å². The highest BCUT2D eigenvalue weighted by Crippen LogP contribution is 2.32. The van der Waals surface area contributed by atoms with Crippen molar-refractivity contribution >= 4 is 29.4 Å². The molecule has 19 heavy (non-hydrogen) atoms. The first kappa shape index (κ1) is 12.4. The van der Waals surface area contributed by atoms with E-state index in [0.717, 1.165) is 21.8 Å². The van der Waals surface area contributed by atoms with E-state index in [-0.39, 0.29) is 12.7 Å². The molecule has 0 saturated carbocycles. The number of hydrogen-bond donors (Lipinski definition) is 1. The molecule has 0 saturated heterocycles. The van der Waals surface area contributed by atoms with Gasteiger partial charge in [-0.1, -0.05) is 36.4 Å². The molecule has 0 spiro atoms. The summed E-state index contributed by atoms with van der Waals surface area (Å²) in [6, 6.07) is 15.7. The number of hydrogen-bond acceptors (Lipinski definition) is 2. The van der Waals surface area contributed by atoms with Gasteiger partial charge in [-0.3, -0.25) is 0 Å². The van der Waals surface area contributed by atoms with E-state index < -0.39 is 7.60 Å². The van der Waals surface area contributed by atoms with Crippen LogP contribution in [0.1, 0.15) is 0 Å². The Morgan fingerprint density at radius 1 is 1.00 bits per heavy atom. The monoisotopic (exact) mass is 274 g/mol. The zero-order chi connectivity index (χ0) is 13.5. The fourth-order valence-electron chi connectivity index (χ4n) is 2.47. The predicted octanol–water partition coefficient (Wildman–Crippen LogP) is 2.34. The van der Waals surface area contributed by atoms with Gasteiger partial charge in [-0.05, 0) is 12.1 Å². The third-order valence-electron chi connectivity index (χ3n) is 3.29. The average molecular weight is 274 g/mol. The lowest BCUT2D eigenvalue weighted by Crippen LogP contribution is -2.09. The second kappa shape index (κ2) is 4.49. The highest BCUT2D eigenvalue weighted by atomic mass is 31.2. The quantitative estimate of drug-likeness (QED) is 0.745. The third-order valence-corrected chi connectivity index (χ3v) is 4.05. The van der Waals surface area contributed by atoms with Gasteiger partial charge in [0.25, 0.3) is 0 Å². The Balaban J connectivity index is 2.22. The molecule has 1 aromatic heterocycles. The van der Waals surface area contributed by atoms with Gasteiger partial charge in [-0.2, -0.15) is 0 Å². The number of nitrogens with zero attached hydrogens (tertiary/aromatic N) is 1. The standard InChI is InChI=1S/C14H14NO3P/c16-19(17,18)10-9-15-13-7-3-1-5-11(13)12-6-2-4-8-14(12)15/h1-8H,9-10H2,(H2,16,17,18)/p-1. The van der Waals surface area contributed by atoms with E-state index in [4.69, 9.17) is 4.89 Å². The summed E-state index contributed by atoms with van der Waals surface area (Å²) in [5.74, 6) is 0. The van der Waals surface area contributed by atoms with Crippen molar-refractivity contribution in [2.24, 2.45) is 0 Å². The fourth-order valence-corrected chi connectivity index (χ4v) is 2.92. The molecule has 1 N–H and O–H groups in total. The Morgan fingerprint density at radius 2 is 1.47 bits per heavy atom. The molecule has 3 aromatic rings. The van der Waals surface area contributed by atoms with Crippen LogP contribution in [0.15, 0.2) is 48.5 Å². The number of para-hydroxylation sites is 2. The summed E-state index contributed by atoms with van der Waals surface area (Å²) in [5.41, 5.74) is 1.97. The van der Waals surface area contributed by atoms with Crippen LogP contribution in [0.5, 0.6) is 0 Å². The number of fused-ring (bicyclic) bond motifs is 3. The summed E-state index contributed by atoms with van der Waals surface area (Å²) in [7, 11) is -4.23. The molecular formula is C14H13NO3P-. The fraction of sp³-hybridized carbons (Fsp3) is 0.143. The Hall–Kier alpha value is -1.61. The van der Waals surface area contributed by atoms with Gasteiger partial charge in [0.2, 0.25) is 0 Å². The van der Waals surface area contributed by atoms with E-state index in [1.165, 1.54) is 0 Å². The Morgan fingerprint density at radius 3 is 1.95 bits per heavy atom. The SMILES string of the molecule is O=P([O-])(O)CCn1c2ccccc2c2ccccc21. The third kappa shape index (κ3) is 2.30. The maximum absolute atomic E-state index is 11.0. The van der Waals surface area contributed by atoms with E-state index >= 15 is 0 Å². The van der Waals surface area contributed by atoms with Crippen LogP contribution in [-0.2, 0) is 11.1 Å². The maximum Gasteiger partial charge on any atom is 0.134 e. The highest BCUT2D eigenvalue weighted by Gasteiger charge is 2.11. The van der Waals surface area contributed by atoms with Crippen LogP contribution in [0.25, 0.3) is 21.8 Å². The topological polar surface area (TPSA) is 65.3 Å². The number of aryl methyl sites for hydroxylation is 1. The smallest absolute Gasteiger partial charge is 0.134 e. The van der Waals surface area contributed by atoms with E-state index in [9.17, 15) is 9.46 Å². The van der Waals surface area contributed by atoms with E-state index in [0.29, 0.717) is 0 Å². The molecule has 0 amide bonds. The number of benzene rings is 2. The van der Waals surface area contributed by atoms with Crippen molar-refractivity contribution in [2.45, 2.75) is 6.54 Å². The first-order valence-corrected chi connectivity index (χ1v) is 7.81. The highest BCUT2D eigenvalue weighted by molar-refractivity contribution is 7.50. The lowest BCUT2D eigenvalue weighted by Gasteiger charge is -2.16. The van der Waals surface area contributed by atoms with Crippen LogP contribution in [0.2, 0.25) is 0 Å². The molecule has 98 valence electrons. The van der Waals surface area contributed by atoms with Crippen LogP contribution in [-0.4, -0.2) is 15.6 Å². The van der Waals surface area contributed by atoms with Gasteiger partial charge in [-0.15, -0.1) is 0 Å². The molecule has 1 heterocycles. The summed E-state index contributed by atoms with van der Waals surface area (Å²) in [6.45, 7) is 0.255. The van der Waals surface area contributed by atoms with Crippen LogP contribution in [0.3, 0.4) is 0 Å². The van der Waals surface area contributed by atoms with Gasteiger partial charge in [0.1, 0.15) is 7.60 Å². The van der Waals surface area contributed by atoms with Crippen molar-refractivity contribution in [3.8, 4) is 0 Å². The second-order valence-corrected chi connectivity index (χ2v) is 6.27. The molecule has 3 rings (SSSR count). The minimum atomic E-state index is -4.23. The molecule has 0 aliphatic carbocycles. The molecule has 1 unspecified atom stereocenters. The van der Waals surface area contributed by atoms with Crippen molar-refractivity contribution in [1.82, 2.24) is 4.57 Å². The maximum atomic E-state index is 11.0. The number of rotatable bonds is 3. The molecule has 5 heteroatoms. The average Bonchev–Trinajstić information content (AvgIpc) is 2.70. The van der Waals surface area contributed by atoms with Gasteiger partial charge in [0, 0.05) is 34.5 Å². The zero-order valence-corrected chi connectivity index (χ0v) is 11.1. The minimum Gasteiger partial charge on any atom is -0.779 e.